The Kier molecular flexibility index (Phi) is 11.0. The molecule has 1 unspecified atom stereocenters. The molecule has 1 saturated carbocycles. The molecule has 0 radical (unpaired) electrons. The number of aromatic nitrogens is 1. The summed E-state index contributed by atoms with van der Waals surface area (Å²) in [6.45, 7) is 12.4. The van der Waals surface area contributed by atoms with Crippen LogP contribution in [0.1, 0.15) is 80.6 Å². The number of carbonyl (C=O) groups excluding carboxylic acids is 5. The highest BCUT2D eigenvalue weighted by Gasteiger charge is 2.47. The Balaban J connectivity index is 1.86. The highest BCUT2D eigenvalue weighted by atomic mass is 35.5. The zero-order valence-corrected chi connectivity index (χ0v) is 26.7. The third kappa shape index (κ3) is 10.1. The fraction of sp³-hybridized carbons (Fsp3) is 0.667. The summed E-state index contributed by atoms with van der Waals surface area (Å²) >= 11 is 5.95. The van der Waals surface area contributed by atoms with Gasteiger partial charge in [-0.15, -0.1) is 0 Å². The third-order valence-electron chi connectivity index (χ3n) is 6.96. The molecule has 3 N–H and O–H groups in total. The quantitative estimate of drug-likeness (QED) is 0.318. The van der Waals surface area contributed by atoms with Crippen LogP contribution in [0.4, 0.5) is 4.79 Å². The van der Waals surface area contributed by atoms with Crippen LogP contribution in [0.2, 0.25) is 5.02 Å². The van der Waals surface area contributed by atoms with Crippen molar-refractivity contribution >= 4 is 41.2 Å². The van der Waals surface area contributed by atoms with Gasteiger partial charge in [-0.25, -0.2) is 9.78 Å². The normalized spacial score (nSPS) is 20.0. The van der Waals surface area contributed by atoms with E-state index in [1.807, 2.05) is 6.92 Å². The summed E-state index contributed by atoms with van der Waals surface area (Å²) in [5, 5.41) is 8.49. The molecule has 12 nitrogen and oxygen atoms in total. The summed E-state index contributed by atoms with van der Waals surface area (Å²) in [4.78, 5) is 71.5. The number of hydrogen-bond donors (Lipinski definition) is 3. The van der Waals surface area contributed by atoms with E-state index in [-0.39, 0.29) is 31.3 Å². The van der Waals surface area contributed by atoms with Crippen molar-refractivity contribution < 1.29 is 33.4 Å². The van der Waals surface area contributed by atoms with Gasteiger partial charge in [-0.05, 0) is 51.5 Å². The Morgan fingerprint density at radius 2 is 1.74 bits per heavy atom. The Morgan fingerprint density at radius 3 is 2.28 bits per heavy atom. The van der Waals surface area contributed by atoms with Crippen molar-refractivity contribution in [1.82, 2.24) is 25.8 Å². The van der Waals surface area contributed by atoms with Gasteiger partial charge in [0.2, 0.25) is 23.5 Å². The number of alkyl carbamates (subject to hydrolysis) is 1. The molecule has 43 heavy (non-hydrogen) atoms. The molecule has 1 saturated heterocycles. The zero-order valence-electron chi connectivity index (χ0n) is 26.0. The molecule has 0 spiro atoms. The van der Waals surface area contributed by atoms with Crippen molar-refractivity contribution in [2.45, 2.75) is 116 Å². The first kappa shape index (κ1) is 34.1. The molecule has 0 aromatic carbocycles. The monoisotopic (exact) mass is 621 g/mol. The molecule has 2 aliphatic rings. The van der Waals surface area contributed by atoms with Crippen LogP contribution in [-0.2, 0) is 23.9 Å². The van der Waals surface area contributed by atoms with Crippen LogP contribution in [-0.4, -0.2) is 81.9 Å². The largest absolute Gasteiger partial charge is 0.472 e. The number of carbonyl (C=O) groups is 5. The van der Waals surface area contributed by atoms with Crippen molar-refractivity contribution in [3.8, 4) is 5.88 Å². The Morgan fingerprint density at radius 1 is 1.07 bits per heavy atom. The molecule has 4 atom stereocenters. The molecule has 2 heterocycles. The van der Waals surface area contributed by atoms with Crippen molar-refractivity contribution in [3.05, 3.63) is 23.4 Å². The third-order valence-corrected chi connectivity index (χ3v) is 7.18. The van der Waals surface area contributed by atoms with Gasteiger partial charge in [0.15, 0.2) is 0 Å². The predicted octanol–water partition coefficient (Wildman–Crippen LogP) is 3.16. The first-order valence-corrected chi connectivity index (χ1v) is 15.1. The van der Waals surface area contributed by atoms with Crippen LogP contribution in [0.3, 0.4) is 0 Å². The number of Topliss-reactive ketones (excluding diaryl/α,β-unsaturated/α-hetero) is 1. The van der Waals surface area contributed by atoms with Gasteiger partial charge in [-0.2, -0.15) is 0 Å². The second-order valence-corrected chi connectivity index (χ2v) is 13.6. The van der Waals surface area contributed by atoms with E-state index in [2.05, 4.69) is 20.9 Å². The minimum atomic E-state index is -1.05. The fourth-order valence-corrected chi connectivity index (χ4v) is 4.80. The molecule has 1 aromatic heterocycles. The number of amides is 4. The van der Waals surface area contributed by atoms with Crippen LogP contribution in [0.15, 0.2) is 18.3 Å². The second kappa shape index (κ2) is 13.9. The minimum Gasteiger partial charge on any atom is -0.472 e. The molecule has 238 valence electrons. The molecule has 2 fully saturated rings. The molecular formula is C30H44ClN5O7. The number of likely N-dealkylation sites (tertiary alicyclic amines) is 1. The topological polar surface area (TPSA) is 156 Å². The van der Waals surface area contributed by atoms with Gasteiger partial charge in [0.1, 0.15) is 23.8 Å². The maximum absolute atomic E-state index is 14.1. The van der Waals surface area contributed by atoms with Gasteiger partial charge in [-0.1, -0.05) is 45.7 Å². The lowest BCUT2D eigenvalue weighted by Gasteiger charge is -2.35. The van der Waals surface area contributed by atoms with E-state index < -0.39 is 64.8 Å². The number of ether oxygens (including phenoxy) is 2. The number of nitrogens with one attached hydrogen (secondary N) is 3. The van der Waals surface area contributed by atoms with E-state index in [1.165, 1.54) is 11.1 Å². The van der Waals surface area contributed by atoms with Crippen LogP contribution >= 0.6 is 11.6 Å². The van der Waals surface area contributed by atoms with Gasteiger partial charge in [0, 0.05) is 24.7 Å². The lowest BCUT2D eigenvalue weighted by molar-refractivity contribution is -0.144. The second-order valence-electron chi connectivity index (χ2n) is 13.2. The van der Waals surface area contributed by atoms with Gasteiger partial charge in [0.25, 0.3) is 5.91 Å². The number of hydrogen-bond acceptors (Lipinski definition) is 8. The average molecular weight is 622 g/mol. The SMILES string of the molecule is CCC[C@H](NC(=O)[C@@H]1C[C@@H](Oc2ccc(Cl)cn2)CN1C(=O)C(NC(=O)OC(C)(C)C)C(C)(C)C)C(=O)C(=O)NC1CC1. The van der Waals surface area contributed by atoms with E-state index in [0.717, 1.165) is 12.8 Å². The highest BCUT2D eigenvalue weighted by Crippen LogP contribution is 2.29. The number of nitrogens with zero attached hydrogens (tertiary/aromatic N) is 2. The zero-order chi connectivity index (χ0) is 32.1. The highest BCUT2D eigenvalue weighted by molar-refractivity contribution is 6.38. The molecule has 0 bridgehead atoms. The van der Waals surface area contributed by atoms with E-state index >= 15 is 0 Å². The molecule has 1 aromatic rings. The molecule has 4 amide bonds. The maximum Gasteiger partial charge on any atom is 0.408 e. The van der Waals surface area contributed by atoms with Crippen molar-refractivity contribution in [2.75, 3.05) is 6.54 Å². The first-order valence-electron chi connectivity index (χ1n) is 14.7. The molecule has 1 aliphatic heterocycles. The fourth-order valence-electron chi connectivity index (χ4n) is 4.69. The van der Waals surface area contributed by atoms with Gasteiger partial charge in [0.05, 0.1) is 17.6 Å². The summed E-state index contributed by atoms with van der Waals surface area (Å²) in [5.74, 6) is -2.31. The lowest BCUT2D eigenvalue weighted by atomic mass is 9.85. The summed E-state index contributed by atoms with van der Waals surface area (Å²) in [6, 6.07) is 0.0300. The van der Waals surface area contributed by atoms with Crippen molar-refractivity contribution in [2.24, 2.45) is 5.41 Å². The molecule has 1 aliphatic carbocycles. The number of rotatable bonds is 11. The lowest BCUT2D eigenvalue weighted by Crippen LogP contribution is -2.59. The van der Waals surface area contributed by atoms with Gasteiger partial charge < -0.3 is 30.3 Å². The summed E-state index contributed by atoms with van der Waals surface area (Å²) in [5.41, 5.74) is -1.55. The van der Waals surface area contributed by atoms with E-state index in [4.69, 9.17) is 21.1 Å². The number of halogens is 1. The van der Waals surface area contributed by atoms with Crippen LogP contribution in [0.25, 0.3) is 0 Å². The first-order chi connectivity index (χ1) is 20.0. The Bertz CT molecular complexity index is 1190. The number of ketones is 1. The van der Waals surface area contributed by atoms with Crippen molar-refractivity contribution in [1.29, 1.82) is 0 Å². The van der Waals surface area contributed by atoms with Crippen LogP contribution < -0.4 is 20.7 Å². The van der Waals surface area contributed by atoms with Gasteiger partial charge in [-0.3, -0.25) is 19.2 Å². The smallest absolute Gasteiger partial charge is 0.408 e. The Hall–Kier alpha value is -3.41. The Labute approximate surface area is 258 Å². The maximum atomic E-state index is 14.1. The van der Waals surface area contributed by atoms with E-state index in [9.17, 15) is 24.0 Å². The minimum absolute atomic E-state index is 0.0106. The number of pyridine rings is 1. The summed E-state index contributed by atoms with van der Waals surface area (Å²) < 4.78 is 11.4. The summed E-state index contributed by atoms with van der Waals surface area (Å²) in [6.07, 6.45) is 2.55. The van der Waals surface area contributed by atoms with Crippen LogP contribution in [0.5, 0.6) is 5.88 Å². The van der Waals surface area contributed by atoms with Gasteiger partial charge >= 0.3 is 6.09 Å². The average Bonchev–Trinajstić information content (AvgIpc) is 3.61. The predicted molar refractivity (Wildman–Crippen MR) is 159 cm³/mol. The van der Waals surface area contributed by atoms with Crippen molar-refractivity contribution in [3.63, 3.8) is 0 Å². The standard InChI is InChI=1S/C30H44ClN5O7/c1-8-9-20(23(37)26(39)33-18-11-12-18)34-25(38)21-14-19(42-22-13-10-17(31)15-32-22)16-36(21)27(40)24(29(2,3)4)35-28(41)43-30(5,6)7/h10,13,15,18-21,24H,8-9,11-12,14,16H2,1-7H3,(H,33,39)(H,34,38)(H,35,41)/t19-,20+,21+,24?/m1/s1. The molecule has 13 heteroatoms. The molecule has 3 rings (SSSR count). The van der Waals surface area contributed by atoms with E-state index in [1.54, 1.807) is 53.7 Å². The van der Waals surface area contributed by atoms with Crippen LogP contribution in [0, 0.1) is 5.41 Å². The molecular weight excluding hydrogens is 578 g/mol. The summed E-state index contributed by atoms with van der Waals surface area (Å²) in [7, 11) is 0. The van der Waals surface area contributed by atoms with E-state index in [0.29, 0.717) is 11.4 Å².